The summed E-state index contributed by atoms with van der Waals surface area (Å²) in [5.74, 6) is -1.03. The zero-order chi connectivity index (χ0) is 26.7. The van der Waals surface area contributed by atoms with Gasteiger partial charge in [-0.15, -0.1) is 0 Å². The van der Waals surface area contributed by atoms with Gasteiger partial charge in [-0.2, -0.15) is 0 Å². The van der Waals surface area contributed by atoms with Gasteiger partial charge < -0.3 is 14.4 Å². The molecule has 0 N–H and O–H groups in total. The molecule has 1 saturated carbocycles. The fraction of sp³-hybridized carbons (Fsp3) is 0.438. The Kier molecular flexibility index (Phi) is 10.1. The third-order valence-electron chi connectivity index (χ3n) is 7.54. The maximum Gasteiger partial charge on any atom is 0.257 e. The first-order valence-electron chi connectivity index (χ1n) is 14.1. The second kappa shape index (κ2) is 13.9. The highest BCUT2D eigenvalue weighted by molar-refractivity contribution is 5.96. The third kappa shape index (κ3) is 7.33. The van der Waals surface area contributed by atoms with Gasteiger partial charge in [0.1, 0.15) is 12.4 Å². The van der Waals surface area contributed by atoms with Crippen molar-refractivity contribution in [3.63, 3.8) is 0 Å². The average molecular weight is 518 g/mol. The first kappa shape index (κ1) is 27.6. The van der Waals surface area contributed by atoms with Gasteiger partial charge >= 0.3 is 0 Å². The van der Waals surface area contributed by atoms with E-state index in [9.17, 15) is 14.0 Å². The molecule has 0 bridgehead atoms. The van der Waals surface area contributed by atoms with E-state index in [4.69, 9.17) is 0 Å². The van der Waals surface area contributed by atoms with Crippen molar-refractivity contribution in [3.05, 3.63) is 95.6 Å². The van der Waals surface area contributed by atoms with Crippen LogP contribution in [0.3, 0.4) is 0 Å². The Morgan fingerprint density at radius 3 is 2.39 bits per heavy atom. The van der Waals surface area contributed by atoms with Gasteiger partial charge in [0.25, 0.3) is 5.91 Å². The summed E-state index contributed by atoms with van der Waals surface area (Å²) in [5.41, 5.74) is 2.31. The highest BCUT2D eigenvalue weighted by Gasteiger charge is 2.29. The largest absolute Gasteiger partial charge is 0.345 e. The molecule has 2 amide bonds. The van der Waals surface area contributed by atoms with Crippen molar-refractivity contribution in [2.75, 3.05) is 13.1 Å². The predicted octanol–water partition coefficient (Wildman–Crippen LogP) is 6.67. The Morgan fingerprint density at radius 1 is 0.921 bits per heavy atom. The normalized spacial score (nSPS) is 13.8. The van der Waals surface area contributed by atoms with Crippen LogP contribution in [0.5, 0.6) is 0 Å². The van der Waals surface area contributed by atoms with E-state index >= 15 is 0 Å². The quantitative estimate of drug-likeness (QED) is 0.252. The lowest BCUT2D eigenvalue weighted by Crippen LogP contribution is -2.48. The number of hydrogen-bond donors (Lipinski definition) is 0. The second-order valence-electron chi connectivity index (χ2n) is 10.3. The zero-order valence-corrected chi connectivity index (χ0v) is 22.5. The number of benzene rings is 2. The molecule has 202 valence electrons. The van der Waals surface area contributed by atoms with Crippen molar-refractivity contribution >= 4 is 11.8 Å². The summed E-state index contributed by atoms with van der Waals surface area (Å²) >= 11 is 0. The van der Waals surface area contributed by atoms with Gasteiger partial charge in [-0.25, -0.2) is 4.39 Å². The van der Waals surface area contributed by atoms with Crippen LogP contribution in [-0.2, 0) is 17.9 Å². The summed E-state index contributed by atoms with van der Waals surface area (Å²) in [5, 5.41) is 0. The lowest BCUT2D eigenvalue weighted by atomic mass is 9.94. The van der Waals surface area contributed by atoms with Crippen molar-refractivity contribution in [3.8, 4) is 0 Å². The lowest BCUT2D eigenvalue weighted by Gasteiger charge is -2.36. The topological polar surface area (TPSA) is 45.6 Å². The monoisotopic (exact) mass is 517 g/mol. The molecule has 5 nitrogen and oxygen atoms in total. The van der Waals surface area contributed by atoms with E-state index in [0.717, 1.165) is 57.2 Å². The molecular formula is C32H40FN3O2. The van der Waals surface area contributed by atoms with Crippen LogP contribution in [0.2, 0.25) is 0 Å². The minimum atomic E-state index is -0.548. The number of halogens is 1. The molecule has 0 aliphatic heterocycles. The lowest BCUT2D eigenvalue weighted by molar-refractivity contribution is -0.135. The number of carbonyl (C=O) groups is 2. The SMILES string of the molecule is CCCCCN(CC(=O)N(Cc1cccn1Cc1ccccc1)C1CCCCC1)C(=O)c1ccccc1F. The molecule has 1 aliphatic carbocycles. The molecule has 38 heavy (non-hydrogen) atoms. The summed E-state index contributed by atoms with van der Waals surface area (Å²) in [6.45, 7) is 3.75. The molecule has 1 fully saturated rings. The van der Waals surface area contributed by atoms with Gasteiger partial charge in [0.15, 0.2) is 0 Å². The van der Waals surface area contributed by atoms with Crippen molar-refractivity contribution in [1.29, 1.82) is 0 Å². The number of unbranched alkanes of at least 4 members (excludes halogenated alkanes) is 2. The summed E-state index contributed by atoms with van der Waals surface area (Å²) < 4.78 is 16.7. The van der Waals surface area contributed by atoms with Crippen molar-refractivity contribution < 1.29 is 14.0 Å². The molecule has 0 radical (unpaired) electrons. The Balaban J connectivity index is 1.55. The number of nitrogens with zero attached hydrogens (tertiary/aromatic N) is 3. The van der Waals surface area contributed by atoms with Crippen molar-refractivity contribution in [2.45, 2.75) is 77.4 Å². The first-order chi connectivity index (χ1) is 18.6. The fourth-order valence-corrected chi connectivity index (χ4v) is 5.38. The van der Waals surface area contributed by atoms with Gasteiger partial charge in [0.2, 0.25) is 5.91 Å². The number of amides is 2. The summed E-state index contributed by atoms with van der Waals surface area (Å²) in [4.78, 5) is 30.8. The number of rotatable bonds is 12. The van der Waals surface area contributed by atoms with Gasteiger partial charge in [-0.05, 0) is 49.1 Å². The predicted molar refractivity (Wildman–Crippen MR) is 149 cm³/mol. The highest BCUT2D eigenvalue weighted by atomic mass is 19.1. The second-order valence-corrected chi connectivity index (χ2v) is 10.3. The summed E-state index contributed by atoms with van der Waals surface area (Å²) in [7, 11) is 0. The Labute approximate surface area is 226 Å². The fourth-order valence-electron chi connectivity index (χ4n) is 5.38. The standard InChI is InChI=1S/C32H40FN3O2/c1-2-3-12-21-35(32(38)29-19-10-11-20-30(29)33)25-31(37)36(27-16-8-5-9-17-27)24-28-18-13-22-34(28)23-26-14-6-4-7-15-26/h4,6-7,10-11,13-15,18-20,22,27H,2-3,5,8-9,12,16-17,21,23-25H2,1H3. The Bertz CT molecular complexity index is 1170. The van der Waals surface area contributed by atoms with E-state index in [-0.39, 0.29) is 24.1 Å². The van der Waals surface area contributed by atoms with Gasteiger partial charge in [0.05, 0.1) is 12.1 Å². The number of carbonyl (C=O) groups excluding carboxylic acids is 2. The molecule has 4 rings (SSSR count). The molecule has 3 aromatic rings. The average Bonchev–Trinajstić information content (AvgIpc) is 3.38. The molecule has 0 unspecified atom stereocenters. The van der Waals surface area contributed by atoms with Crippen molar-refractivity contribution in [2.24, 2.45) is 0 Å². The van der Waals surface area contributed by atoms with Crippen molar-refractivity contribution in [1.82, 2.24) is 14.4 Å². The van der Waals surface area contributed by atoms with Gasteiger partial charge in [0, 0.05) is 31.0 Å². The molecule has 1 heterocycles. The van der Waals surface area contributed by atoms with Crippen LogP contribution in [0, 0.1) is 5.82 Å². The van der Waals surface area contributed by atoms with E-state index in [1.807, 2.05) is 29.2 Å². The van der Waals surface area contributed by atoms with E-state index in [1.54, 1.807) is 17.0 Å². The minimum Gasteiger partial charge on any atom is -0.345 e. The van der Waals surface area contributed by atoms with Crippen LogP contribution in [0.25, 0.3) is 0 Å². The molecule has 2 aromatic carbocycles. The molecule has 0 atom stereocenters. The molecule has 0 saturated heterocycles. The van der Waals surface area contributed by atoms with Crippen LogP contribution < -0.4 is 0 Å². The van der Waals surface area contributed by atoms with Crippen LogP contribution in [0.4, 0.5) is 4.39 Å². The van der Waals surface area contributed by atoms with Crippen LogP contribution in [0.1, 0.15) is 79.9 Å². The minimum absolute atomic E-state index is 0.0257. The third-order valence-corrected chi connectivity index (χ3v) is 7.54. The molecule has 1 aromatic heterocycles. The number of hydrogen-bond acceptors (Lipinski definition) is 2. The molecule has 1 aliphatic rings. The van der Waals surface area contributed by atoms with Crippen LogP contribution >= 0.6 is 0 Å². The van der Waals surface area contributed by atoms with E-state index in [2.05, 4.69) is 35.9 Å². The molecular weight excluding hydrogens is 477 g/mol. The summed E-state index contributed by atoms with van der Waals surface area (Å²) in [6, 6.07) is 20.6. The Morgan fingerprint density at radius 2 is 1.66 bits per heavy atom. The first-order valence-corrected chi connectivity index (χ1v) is 14.1. The molecule has 0 spiro atoms. The molecule has 6 heteroatoms. The van der Waals surface area contributed by atoms with Gasteiger partial charge in [-0.3, -0.25) is 9.59 Å². The highest BCUT2D eigenvalue weighted by Crippen LogP contribution is 2.25. The smallest absolute Gasteiger partial charge is 0.257 e. The number of aromatic nitrogens is 1. The van der Waals surface area contributed by atoms with E-state index < -0.39 is 11.7 Å². The van der Waals surface area contributed by atoms with E-state index in [0.29, 0.717) is 13.1 Å². The van der Waals surface area contributed by atoms with Crippen LogP contribution in [-0.4, -0.2) is 45.3 Å². The van der Waals surface area contributed by atoms with Gasteiger partial charge in [-0.1, -0.05) is 81.5 Å². The Hall–Kier alpha value is -3.41. The summed E-state index contributed by atoms with van der Waals surface area (Å²) in [6.07, 6.45) is 10.2. The maximum absolute atomic E-state index is 14.5. The zero-order valence-electron chi connectivity index (χ0n) is 22.5. The maximum atomic E-state index is 14.5. The van der Waals surface area contributed by atoms with E-state index in [1.165, 1.54) is 24.1 Å². The van der Waals surface area contributed by atoms with Crippen LogP contribution in [0.15, 0.2) is 72.9 Å².